The van der Waals surface area contributed by atoms with Crippen LogP contribution in [0.1, 0.15) is 40.0 Å². The number of nitrogens with one attached hydrogen (secondary N) is 1. The van der Waals surface area contributed by atoms with Crippen LogP contribution in [0.3, 0.4) is 0 Å². The van der Waals surface area contributed by atoms with Crippen molar-refractivity contribution in [1.82, 2.24) is 10.4 Å². The summed E-state index contributed by atoms with van der Waals surface area (Å²) in [5, 5.41) is 12.0. The van der Waals surface area contributed by atoms with E-state index in [9.17, 15) is 14.5 Å². The molecule has 0 radical (unpaired) electrons. The van der Waals surface area contributed by atoms with E-state index in [1.54, 1.807) is 20.8 Å². The van der Waals surface area contributed by atoms with Crippen molar-refractivity contribution in [1.29, 1.82) is 0 Å². The molecular formula is C14H25N2O7P. The molecule has 2 aliphatic rings. The molecule has 10 heteroatoms. The highest BCUT2D eigenvalue weighted by molar-refractivity contribution is 7.48. The van der Waals surface area contributed by atoms with Crippen molar-refractivity contribution in [2.45, 2.75) is 51.7 Å². The van der Waals surface area contributed by atoms with Gasteiger partial charge in [0.25, 0.3) is 0 Å². The first-order chi connectivity index (χ1) is 11.4. The summed E-state index contributed by atoms with van der Waals surface area (Å²) in [6.45, 7) is 5.44. The van der Waals surface area contributed by atoms with Gasteiger partial charge < -0.3 is 14.4 Å². The van der Waals surface area contributed by atoms with E-state index < -0.39 is 25.6 Å². The van der Waals surface area contributed by atoms with Crippen LogP contribution in [0.15, 0.2) is 12.0 Å². The minimum atomic E-state index is -3.89. The van der Waals surface area contributed by atoms with E-state index in [0.717, 1.165) is 11.4 Å². The van der Waals surface area contributed by atoms with Gasteiger partial charge in [0.15, 0.2) is 5.76 Å². The predicted molar refractivity (Wildman–Crippen MR) is 84.6 cm³/mol. The van der Waals surface area contributed by atoms with E-state index in [4.69, 9.17) is 18.3 Å². The lowest BCUT2D eigenvalue weighted by Gasteiger charge is -2.40. The predicted octanol–water partition coefficient (Wildman–Crippen LogP) is 2.29. The lowest BCUT2D eigenvalue weighted by atomic mass is 9.94. The van der Waals surface area contributed by atoms with E-state index in [-0.39, 0.29) is 25.6 Å². The molecule has 2 rings (SSSR count). The summed E-state index contributed by atoms with van der Waals surface area (Å²) < 4.78 is 33.3. The van der Waals surface area contributed by atoms with Gasteiger partial charge in [-0.3, -0.25) is 9.05 Å². The lowest BCUT2D eigenvalue weighted by Crippen LogP contribution is -2.59. The maximum atomic E-state index is 12.6. The lowest BCUT2D eigenvalue weighted by molar-refractivity contribution is -0.0250. The number of phosphoric ester groups is 1. The van der Waals surface area contributed by atoms with E-state index >= 15 is 0 Å². The highest BCUT2D eigenvalue weighted by Gasteiger charge is 2.52. The van der Waals surface area contributed by atoms with Crippen molar-refractivity contribution in [3.05, 3.63) is 12.0 Å². The number of ether oxygens (including phenoxy) is 1. The number of hydrogen-bond donors (Lipinski definition) is 2. The molecule has 0 saturated heterocycles. The van der Waals surface area contributed by atoms with Crippen LogP contribution in [-0.2, 0) is 22.9 Å². The van der Waals surface area contributed by atoms with E-state index in [2.05, 4.69) is 5.43 Å². The van der Waals surface area contributed by atoms with Gasteiger partial charge >= 0.3 is 13.9 Å². The molecule has 138 valence electrons. The first kappa shape index (κ1) is 19.2. The molecular weight excluding hydrogens is 339 g/mol. The summed E-state index contributed by atoms with van der Waals surface area (Å²) in [5.74, 6) is -0.0259. The number of carbonyl (C=O) groups is 1. The number of amides is 1. The van der Waals surface area contributed by atoms with Crippen LogP contribution in [0.4, 0.5) is 4.79 Å². The van der Waals surface area contributed by atoms with Gasteiger partial charge in [-0.05, 0) is 40.0 Å². The summed E-state index contributed by atoms with van der Waals surface area (Å²) in [6, 6.07) is -0.460. The van der Waals surface area contributed by atoms with Gasteiger partial charge in [-0.15, -0.1) is 0 Å². The summed E-state index contributed by atoms with van der Waals surface area (Å²) in [4.78, 5) is 12.0. The molecule has 1 heterocycles. The number of hydrazine groups is 1. The van der Waals surface area contributed by atoms with E-state index in [1.165, 1.54) is 6.20 Å². The zero-order valence-electron chi connectivity index (χ0n) is 14.2. The second-order valence-corrected chi connectivity index (χ2v) is 7.03. The smallest absolute Gasteiger partial charge is 0.449 e. The number of nitrogens with zero attached hydrogens (tertiary/aromatic N) is 1. The molecule has 1 fully saturated rings. The molecule has 1 aliphatic heterocycles. The monoisotopic (exact) mass is 364 g/mol. The fraction of sp³-hybridized carbons (Fsp3) is 0.786. The topological polar surface area (TPSA) is 107 Å². The largest absolute Gasteiger partial charge is 0.529 e. The maximum Gasteiger partial charge on any atom is 0.529 e. The number of aliphatic hydroxyl groups is 1. The third-order valence-corrected chi connectivity index (χ3v) is 5.41. The molecule has 0 unspecified atom stereocenters. The Hall–Kier alpha value is -1.12. The highest BCUT2D eigenvalue weighted by atomic mass is 31.2. The molecule has 2 N–H and O–H groups in total. The molecule has 1 amide bonds. The van der Waals surface area contributed by atoms with Crippen LogP contribution in [0, 0.1) is 0 Å². The van der Waals surface area contributed by atoms with Crippen molar-refractivity contribution in [3.63, 3.8) is 0 Å². The average molecular weight is 364 g/mol. The molecule has 1 saturated carbocycles. The standard InChI is InChI=1S/C14H25N2O7P/c1-4-20-13(17)16-10-12(14(18)9-7-8-11(14)15-16)23-24(19,21-5-2)22-6-3/h10-11,15,18H,4-9H2,1-3H3/t11-,14+/m0/s1. The minimum Gasteiger partial charge on any atom is -0.449 e. The van der Waals surface area contributed by atoms with Crippen molar-refractivity contribution >= 4 is 13.9 Å². The second kappa shape index (κ2) is 7.84. The molecule has 24 heavy (non-hydrogen) atoms. The van der Waals surface area contributed by atoms with Gasteiger partial charge in [0.2, 0.25) is 0 Å². The Morgan fingerprint density at radius 1 is 1.38 bits per heavy atom. The van der Waals surface area contributed by atoms with Crippen LogP contribution in [0.2, 0.25) is 0 Å². The molecule has 0 aromatic carbocycles. The Balaban J connectivity index is 2.30. The van der Waals surface area contributed by atoms with Gasteiger partial charge in [-0.2, -0.15) is 0 Å². The van der Waals surface area contributed by atoms with Crippen molar-refractivity contribution in [2.24, 2.45) is 0 Å². The number of carbonyl (C=O) groups excluding carboxylic acids is 1. The summed E-state index contributed by atoms with van der Waals surface area (Å²) in [6.07, 6.45) is 2.35. The van der Waals surface area contributed by atoms with Gasteiger partial charge in [0.05, 0.1) is 32.1 Å². The first-order valence-corrected chi connectivity index (χ1v) is 9.60. The quantitative estimate of drug-likeness (QED) is 0.663. The van der Waals surface area contributed by atoms with Crippen LogP contribution in [0.5, 0.6) is 0 Å². The molecule has 0 spiro atoms. The molecule has 1 aliphatic carbocycles. The zero-order chi connectivity index (χ0) is 17.8. The van der Waals surface area contributed by atoms with Crippen molar-refractivity contribution in [3.8, 4) is 0 Å². The van der Waals surface area contributed by atoms with Gasteiger partial charge in [-0.1, -0.05) is 0 Å². The molecule has 2 atom stereocenters. The average Bonchev–Trinajstić information content (AvgIpc) is 2.90. The van der Waals surface area contributed by atoms with Gasteiger partial charge in [0.1, 0.15) is 5.60 Å². The van der Waals surface area contributed by atoms with Crippen LogP contribution < -0.4 is 5.43 Å². The normalized spacial score (nSPS) is 26.8. The molecule has 0 aromatic rings. The Kier molecular flexibility index (Phi) is 6.28. The Morgan fingerprint density at radius 2 is 2.04 bits per heavy atom. The highest BCUT2D eigenvalue weighted by Crippen LogP contribution is 2.54. The van der Waals surface area contributed by atoms with Crippen LogP contribution >= 0.6 is 7.82 Å². The summed E-state index contributed by atoms with van der Waals surface area (Å²) in [5.41, 5.74) is 1.52. The molecule has 9 nitrogen and oxygen atoms in total. The number of phosphoric acid groups is 1. The van der Waals surface area contributed by atoms with E-state index in [1.807, 2.05) is 0 Å². The first-order valence-electron chi connectivity index (χ1n) is 8.14. The van der Waals surface area contributed by atoms with E-state index in [0.29, 0.717) is 12.8 Å². The Morgan fingerprint density at radius 3 is 2.62 bits per heavy atom. The Labute approximate surface area is 141 Å². The molecule has 0 aromatic heterocycles. The van der Waals surface area contributed by atoms with Crippen molar-refractivity contribution in [2.75, 3.05) is 19.8 Å². The number of hydrogen-bond acceptors (Lipinski definition) is 8. The van der Waals surface area contributed by atoms with Crippen LogP contribution in [-0.4, -0.2) is 47.7 Å². The zero-order valence-corrected chi connectivity index (χ0v) is 15.1. The Bertz CT molecular complexity index is 531. The van der Waals surface area contributed by atoms with Crippen LogP contribution in [0.25, 0.3) is 0 Å². The SMILES string of the molecule is CCOC(=O)N1C=C(OP(=O)(OCC)OCC)[C@@]2(O)CCC[C@@H]2N1. The minimum absolute atomic E-state index is 0.0259. The maximum absolute atomic E-state index is 12.6. The second-order valence-electron chi connectivity index (χ2n) is 5.43. The third-order valence-electron chi connectivity index (χ3n) is 3.84. The fourth-order valence-electron chi connectivity index (χ4n) is 2.82. The van der Waals surface area contributed by atoms with Gasteiger partial charge in [-0.25, -0.2) is 19.8 Å². The summed E-state index contributed by atoms with van der Waals surface area (Å²) >= 11 is 0. The number of rotatable bonds is 7. The number of fused-ring (bicyclic) bond motifs is 1. The van der Waals surface area contributed by atoms with Gasteiger partial charge in [0, 0.05) is 0 Å². The molecule has 0 bridgehead atoms. The van der Waals surface area contributed by atoms with Crippen molar-refractivity contribution < 1.29 is 32.8 Å². The summed E-state index contributed by atoms with van der Waals surface area (Å²) in [7, 11) is -3.89. The third kappa shape index (κ3) is 3.92. The fourth-order valence-corrected chi connectivity index (χ4v) is 4.08.